The molecule has 1 N–H and O–H groups in total. The Morgan fingerprint density at radius 2 is 2.03 bits per heavy atom. The molecular formula is C21H24N2O4S2. The molecule has 3 rings (SSSR count). The molecule has 1 aliphatic rings. The first-order valence-corrected chi connectivity index (χ1v) is 11.5. The molecule has 1 aromatic heterocycles. The molecule has 0 aliphatic carbocycles. The summed E-state index contributed by atoms with van der Waals surface area (Å²) in [5.74, 6) is -0.766. The Kier molecular flexibility index (Phi) is 6.97. The van der Waals surface area contributed by atoms with E-state index < -0.39 is 24.0 Å². The zero-order chi connectivity index (χ0) is 21.0. The van der Waals surface area contributed by atoms with Gasteiger partial charge in [-0.05, 0) is 41.5 Å². The maximum Gasteiger partial charge on any atom is 0.328 e. The van der Waals surface area contributed by atoms with E-state index in [0.29, 0.717) is 23.3 Å². The van der Waals surface area contributed by atoms with Crippen molar-refractivity contribution in [1.29, 1.82) is 0 Å². The number of rotatable bonds is 7. The number of hydrogen-bond acceptors (Lipinski definition) is 6. The SMILES string of the molecule is COC(=O)C(CCSC)NC(=O)C1c2ccccc2C(=O)N(C)C1c1cccs1. The van der Waals surface area contributed by atoms with Gasteiger partial charge in [0.05, 0.1) is 19.1 Å². The van der Waals surface area contributed by atoms with Crippen LogP contribution >= 0.6 is 23.1 Å². The van der Waals surface area contributed by atoms with E-state index in [2.05, 4.69) is 5.32 Å². The summed E-state index contributed by atoms with van der Waals surface area (Å²) in [6.45, 7) is 0. The van der Waals surface area contributed by atoms with Crippen LogP contribution in [0.3, 0.4) is 0 Å². The minimum Gasteiger partial charge on any atom is -0.467 e. The summed E-state index contributed by atoms with van der Waals surface area (Å²) in [5.41, 5.74) is 1.20. The van der Waals surface area contributed by atoms with E-state index in [-0.39, 0.29) is 11.8 Å². The fraction of sp³-hybridized carbons (Fsp3) is 0.381. The summed E-state index contributed by atoms with van der Waals surface area (Å²) < 4.78 is 4.88. The summed E-state index contributed by atoms with van der Waals surface area (Å²) in [7, 11) is 3.03. The first-order valence-electron chi connectivity index (χ1n) is 9.26. The van der Waals surface area contributed by atoms with E-state index in [1.165, 1.54) is 18.4 Å². The largest absolute Gasteiger partial charge is 0.467 e. The Balaban J connectivity index is 2.00. The maximum absolute atomic E-state index is 13.5. The summed E-state index contributed by atoms with van der Waals surface area (Å²) >= 11 is 3.10. The highest BCUT2D eigenvalue weighted by Gasteiger charge is 2.43. The van der Waals surface area contributed by atoms with E-state index in [1.54, 1.807) is 35.8 Å². The molecule has 154 valence electrons. The molecule has 1 aromatic carbocycles. The molecule has 0 bridgehead atoms. The van der Waals surface area contributed by atoms with Crippen molar-refractivity contribution in [2.75, 3.05) is 26.2 Å². The normalized spacial score (nSPS) is 19.4. The summed E-state index contributed by atoms with van der Waals surface area (Å²) in [6.07, 6.45) is 2.42. The highest BCUT2D eigenvalue weighted by atomic mass is 32.2. The molecule has 3 unspecified atom stereocenters. The number of fused-ring (bicyclic) bond motifs is 1. The molecule has 0 radical (unpaired) electrons. The van der Waals surface area contributed by atoms with Crippen molar-refractivity contribution in [1.82, 2.24) is 10.2 Å². The first kappa shape index (κ1) is 21.4. The molecule has 2 amide bonds. The molecule has 1 aliphatic heterocycles. The zero-order valence-electron chi connectivity index (χ0n) is 16.6. The Morgan fingerprint density at radius 1 is 1.28 bits per heavy atom. The lowest BCUT2D eigenvalue weighted by Gasteiger charge is -2.39. The average Bonchev–Trinajstić information content (AvgIpc) is 3.27. The van der Waals surface area contributed by atoms with Crippen molar-refractivity contribution in [3.05, 3.63) is 57.8 Å². The van der Waals surface area contributed by atoms with Crippen molar-refractivity contribution in [3.8, 4) is 0 Å². The molecule has 8 heteroatoms. The number of carbonyl (C=O) groups is 3. The standard InChI is InChI=1S/C21H24N2O4S2/c1-23-18(16-9-6-11-29-16)17(13-7-4-5-8-14(13)20(23)25)19(24)22-15(10-12-28-3)21(26)27-2/h4-9,11,15,17-18H,10,12H2,1-3H3,(H,22,24). The van der Waals surface area contributed by atoms with Crippen molar-refractivity contribution in [3.63, 3.8) is 0 Å². The molecule has 0 saturated carbocycles. The smallest absolute Gasteiger partial charge is 0.328 e. The number of methoxy groups -OCH3 is 1. The Labute approximate surface area is 178 Å². The van der Waals surface area contributed by atoms with Gasteiger partial charge < -0.3 is 15.0 Å². The van der Waals surface area contributed by atoms with Gasteiger partial charge in [-0.1, -0.05) is 24.3 Å². The van der Waals surface area contributed by atoms with Gasteiger partial charge in [-0.15, -0.1) is 11.3 Å². The Morgan fingerprint density at radius 3 is 2.69 bits per heavy atom. The van der Waals surface area contributed by atoms with Crippen molar-refractivity contribution in [2.45, 2.75) is 24.4 Å². The molecule has 0 saturated heterocycles. The number of likely N-dealkylation sites (N-methyl/N-ethyl adjacent to an activating group) is 1. The second kappa shape index (κ2) is 9.45. The van der Waals surface area contributed by atoms with Gasteiger partial charge in [0.25, 0.3) is 5.91 Å². The van der Waals surface area contributed by atoms with Crippen LogP contribution in [0.15, 0.2) is 41.8 Å². The molecule has 29 heavy (non-hydrogen) atoms. The van der Waals surface area contributed by atoms with Gasteiger partial charge in [0.1, 0.15) is 6.04 Å². The fourth-order valence-electron chi connectivity index (χ4n) is 3.66. The predicted molar refractivity (Wildman–Crippen MR) is 115 cm³/mol. The monoisotopic (exact) mass is 432 g/mol. The fourth-order valence-corrected chi connectivity index (χ4v) is 5.04. The van der Waals surface area contributed by atoms with Gasteiger partial charge in [-0.25, -0.2) is 4.79 Å². The van der Waals surface area contributed by atoms with Crippen molar-refractivity contribution in [2.24, 2.45) is 0 Å². The number of esters is 1. The highest BCUT2D eigenvalue weighted by molar-refractivity contribution is 7.98. The van der Waals surface area contributed by atoms with E-state index in [4.69, 9.17) is 4.74 Å². The molecule has 3 atom stereocenters. The minimum absolute atomic E-state index is 0.116. The van der Waals surface area contributed by atoms with Crippen LogP contribution in [0.1, 0.15) is 39.2 Å². The van der Waals surface area contributed by atoms with E-state index in [0.717, 1.165) is 4.88 Å². The van der Waals surface area contributed by atoms with Gasteiger partial charge in [0.15, 0.2) is 0 Å². The van der Waals surface area contributed by atoms with Gasteiger partial charge in [-0.2, -0.15) is 11.8 Å². The van der Waals surface area contributed by atoms with E-state index in [1.807, 2.05) is 35.9 Å². The summed E-state index contributed by atoms with van der Waals surface area (Å²) in [4.78, 5) is 41.1. The van der Waals surface area contributed by atoms with E-state index >= 15 is 0 Å². The number of thiophene rings is 1. The number of hydrogen-bond donors (Lipinski definition) is 1. The van der Waals surface area contributed by atoms with Crippen LogP contribution in [0.5, 0.6) is 0 Å². The third kappa shape index (κ3) is 4.33. The lowest BCUT2D eigenvalue weighted by molar-refractivity contribution is -0.145. The van der Waals surface area contributed by atoms with E-state index in [9.17, 15) is 14.4 Å². The molecule has 2 heterocycles. The summed E-state index contributed by atoms with van der Waals surface area (Å²) in [5, 5.41) is 4.81. The lowest BCUT2D eigenvalue weighted by Crippen LogP contribution is -2.49. The number of benzene rings is 1. The first-order chi connectivity index (χ1) is 14.0. The number of thioether (sulfide) groups is 1. The molecule has 0 fully saturated rings. The maximum atomic E-state index is 13.5. The van der Waals surface area contributed by atoms with Gasteiger partial charge >= 0.3 is 5.97 Å². The zero-order valence-corrected chi connectivity index (χ0v) is 18.2. The number of amides is 2. The Hall–Kier alpha value is -2.32. The van der Waals surface area contributed by atoms with Crippen LogP contribution < -0.4 is 5.32 Å². The topological polar surface area (TPSA) is 75.7 Å². The Bertz CT molecular complexity index is 885. The second-order valence-corrected chi connectivity index (χ2v) is 8.77. The molecular weight excluding hydrogens is 408 g/mol. The molecule has 6 nitrogen and oxygen atoms in total. The third-order valence-electron chi connectivity index (χ3n) is 5.11. The predicted octanol–water partition coefficient (Wildman–Crippen LogP) is 3.07. The van der Waals surface area contributed by atoms with Crippen LogP contribution in [-0.2, 0) is 14.3 Å². The van der Waals surface area contributed by atoms with Crippen LogP contribution in [0.4, 0.5) is 0 Å². The number of nitrogens with zero attached hydrogens (tertiary/aromatic N) is 1. The van der Waals surface area contributed by atoms with Crippen molar-refractivity contribution < 1.29 is 19.1 Å². The molecule has 2 aromatic rings. The van der Waals surface area contributed by atoms with Gasteiger partial charge in [0.2, 0.25) is 5.91 Å². The van der Waals surface area contributed by atoms with Crippen LogP contribution in [0.25, 0.3) is 0 Å². The second-order valence-electron chi connectivity index (χ2n) is 6.81. The lowest BCUT2D eigenvalue weighted by atomic mass is 9.81. The van der Waals surface area contributed by atoms with Crippen molar-refractivity contribution >= 4 is 40.9 Å². The van der Waals surface area contributed by atoms with Crippen LogP contribution in [0.2, 0.25) is 0 Å². The van der Waals surface area contributed by atoms with Crippen LogP contribution in [-0.4, -0.2) is 54.9 Å². The quantitative estimate of drug-likeness (QED) is 0.681. The average molecular weight is 433 g/mol. The number of carbonyl (C=O) groups excluding carboxylic acids is 3. The number of nitrogens with one attached hydrogen (secondary N) is 1. The third-order valence-corrected chi connectivity index (χ3v) is 6.70. The summed E-state index contributed by atoms with van der Waals surface area (Å²) in [6, 6.07) is 9.86. The van der Waals surface area contributed by atoms with Gasteiger partial charge in [-0.3, -0.25) is 9.59 Å². The van der Waals surface area contributed by atoms with Crippen LogP contribution in [0, 0.1) is 0 Å². The minimum atomic E-state index is -0.723. The molecule has 0 spiro atoms. The number of ether oxygens (including phenoxy) is 1. The van der Waals surface area contributed by atoms with Gasteiger partial charge in [0, 0.05) is 17.5 Å². The highest BCUT2D eigenvalue weighted by Crippen LogP contribution is 2.43.